The Bertz CT molecular complexity index is 638. The quantitative estimate of drug-likeness (QED) is 0.827. The van der Waals surface area contributed by atoms with Gasteiger partial charge in [0.1, 0.15) is 11.9 Å². The van der Waals surface area contributed by atoms with Crippen molar-refractivity contribution in [2.45, 2.75) is 52.0 Å². The van der Waals surface area contributed by atoms with Gasteiger partial charge in [0.05, 0.1) is 0 Å². The first-order valence-corrected chi connectivity index (χ1v) is 9.79. The Morgan fingerprint density at radius 3 is 2.42 bits per heavy atom. The first-order chi connectivity index (χ1) is 12.5. The van der Waals surface area contributed by atoms with E-state index >= 15 is 0 Å². The van der Waals surface area contributed by atoms with Crippen molar-refractivity contribution in [1.29, 1.82) is 0 Å². The lowest BCUT2D eigenvalue weighted by molar-refractivity contribution is -0.146. The molecule has 0 spiro atoms. The maximum absolute atomic E-state index is 13.1. The topological polar surface area (TPSA) is 40.6 Å². The number of rotatable bonds is 4. The molecule has 3 rings (SSSR count). The van der Waals surface area contributed by atoms with Crippen molar-refractivity contribution in [2.24, 2.45) is 11.8 Å². The predicted molar refractivity (Wildman–Crippen MR) is 99.0 cm³/mol. The first-order valence-electron chi connectivity index (χ1n) is 9.79. The Kier molecular flexibility index (Phi) is 5.94. The van der Waals surface area contributed by atoms with Gasteiger partial charge in [-0.3, -0.25) is 9.59 Å². The van der Waals surface area contributed by atoms with Gasteiger partial charge < -0.3 is 9.80 Å². The third-order valence-corrected chi connectivity index (χ3v) is 5.79. The highest BCUT2D eigenvalue weighted by atomic mass is 19.1. The molecule has 1 unspecified atom stereocenters. The van der Waals surface area contributed by atoms with Gasteiger partial charge in [0, 0.05) is 25.6 Å². The zero-order valence-corrected chi connectivity index (χ0v) is 15.8. The van der Waals surface area contributed by atoms with E-state index < -0.39 is 0 Å². The van der Waals surface area contributed by atoms with E-state index in [4.69, 9.17) is 0 Å². The maximum Gasteiger partial charge on any atom is 0.245 e. The number of amides is 2. The van der Waals surface area contributed by atoms with Crippen molar-refractivity contribution < 1.29 is 14.0 Å². The third kappa shape index (κ3) is 4.25. The predicted octanol–water partition coefficient (Wildman–Crippen LogP) is 3.25. The smallest absolute Gasteiger partial charge is 0.245 e. The van der Waals surface area contributed by atoms with Gasteiger partial charge in [0.25, 0.3) is 0 Å². The van der Waals surface area contributed by atoms with Crippen molar-refractivity contribution in [1.82, 2.24) is 9.80 Å². The molecule has 0 N–H and O–H groups in total. The molecule has 0 saturated carbocycles. The summed E-state index contributed by atoms with van der Waals surface area (Å²) < 4.78 is 13.1. The molecule has 2 atom stereocenters. The Labute approximate surface area is 155 Å². The van der Waals surface area contributed by atoms with Gasteiger partial charge in [-0.25, -0.2) is 4.39 Å². The van der Waals surface area contributed by atoms with Gasteiger partial charge in [0.15, 0.2) is 0 Å². The molecular formula is C21H29FN2O2. The number of nitrogens with zero attached hydrogens (tertiary/aromatic N) is 2. The number of piperidine rings is 1. The number of benzene rings is 1. The van der Waals surface area contributed by atoms with E-state index in [1.165, 1.54) is 12.1 Å². The van der Waals surface area contributed by atoms with Crippen LogP contribution in [0.5, 0.6) is 0 Å². The molecule has 1 aromatic carbocycles. The lowest BCUT2D eigenvalue weighted by Gasteiger charge is -2.35. The number of halogens is 1. The monoisotopic (exact) mass is 360 g/mol. The highest BCUT2D eigenvalue weighted by Gasteiger charge is 2.38. The highest BCUT2D eigenvalue weighted by Crippen LogP contribution is 2.25. The Balaban J connectivity index is 1.62. The van der Waals surface area contributed by atoms with Crippen LogP contribution in [0.15, 0.2) is 24.3 Å². The van der Waals surface area contributed by atoms with Gasteiger partial charge in [0.2, 0.25) is 11.8 Å². The number of carbonyl (C=O) groups excluding carboxylic acids is 2. The zero-order valence-electron chi connectivity index (χ0n) is 15.8. The van der Waals surface area contributed by atoms with Gasteiger partial charge in [-0.2, -0.15) is 0 Å². The average molecular weight is 360 g/mol. The van der Waals surface area contributed by atoms with E-state index in [1.807, 2.05) is 11.8 Å². The van der Waals surface area contributed by atoms with Gasteiger partial charge in [-0.1, -0.05) is 26.0 Å². The van der Waals surface area contributed by atoms with Gasteiger partial charge in [-0.05, 0) is 55.7 Å². The van der Waals surface area contributed by atoms with Crippen molar-refractivity contribution in [2.75, 3.05) is 19.6 Å². The Morgan fingerprint density at radius 2 is 1.77 bits per heavy atom. The maximum atomic E-state index is 13.1. The third-order valence-electron chi connectivity index (χ3n) is 5.79. The molecule has 2 saturated heterocycles. The van der Waals surface area contributed by atoms with Crippen LogP contribution in [0.3, 0.4) is 0 Å². The summed E-state index contributed by atoms with van der Waals surface area (Å²) in [6, 6.07) is 5.99. The molecule has 26 heavy (non-hydrogen) atoms. The summed E-state index contributed by atoms with van der Waals surface area (Å²) in [6.45, 7) is 6.40. The largest absolute Gasteiger partial charge is 0.341 e. The van der Waals surface area contributed by atoms with E-state index in [-0.39, 0.29) is 29.6 Å². The first kappa shape index (κ1) is 18.9. The standard InChI is InChI=1S/C21H29FN2O2/c1-15-9-12-23(13-10-15)21(26)19-4-3-11-24(19)20(25)16(2)14-17-5-7-18(22)8-6-17/h5-8,15-16,19H,3-4,9-14H2,1-2H3/t16?,19-/m1/s1. The summed E-state index contributed by atoms with van der Waals surface area (Å²) >= 11 is 0. The second-order valence-electron chi connectivity index (χ2n) is 7.93. The molecule has 0 bridgehead atoms. The second-order valence-corrected chi connectivity index (χ2v) is 7.93. The van der Waals surface area contributed by atoms with Crippen LogP contribution in [0.2, 0.25) is 0 Å². The van der Waals surface area contributed by atoms with Crippen LogP contribution in [0.4, 0.5) is 4.39 Å². The number of likely N-dealkylation sites (tertiary alicyclic amines) is 2. The number of hydrogen-bond acceptors (Lipinski definition) is 2. The van der Waals surface area contributed by atoms with E-state index in [0.717, 1.165) is 44.3 Å². The van der Waals surface area contributed by atoms with Gasteiger partial charge >= 0.3 is 0 Å². The normalized spacial score (nSPS) is 22.5. The van der Waals surface area contributed by atoms with Crippen LogP contribution in [-0.2, 0) is 16.0 Å². The van der Waals surface area contributed by atoms with Crippen LogP contribution in [0.1, 0.15) is 45.1 Å². The molecule has 0 radical (unpaired) electrons. The minimum absolute atomic E-state index is 0.0375. The molecule has 2 aliphatic heterocycles. The van der Waals surface area contributed by atoms with E-state index in [9.17, 15) is 14.0 Å². The number of carbonyl (C=O) groups is 2. The molecule has 142 valence electrons. The summed E-state index contributed by atoms with van der Waals surface area (Å²) in [5.41, 5.74) is 0.944. The molecule has 2 amide bonds. The molecule has 1 aromatic rings. The van der Waals surface area contributed by atoms with Crippen LogP contribution in [-0.4, -0.2) is 47.3 Å². The van der Waals surface area contributed by atoms with Crippen molar-refractivity contribution >= 4 is 11.8 Å². The fourth-order valence-electron chi connectivity index (χ4n) is 4.07. The minimum atomic E-state index is -0.299. The van der Waals surface area contributed by atoms with E-state index in [0.29, 0.717) is 18.9 Å². The lowest BCUT2D eigenvalue weighted by Crippen LogP contribution is -2.51. The molecule has 2 fully saturated rings. The van der Waals surface area contributed by atoms with Crippen LogP contribution >= 0.6 is 0 Å². The SMILES string of the molecule is CC1CCN(C(=O)[C@H]2CCCN2C(=O)C(C)Cc2ccc(F)cc2)CC1. The van der Waals surface area contributed by atoms with Gasteiger partial charge in [-0.15, -0.1) is 0 Å². The summed E-state index contributed by atoms with van der Waals surface area (Å²) in [6.07, 6.45) is 4.31. The fraction of sp³-hybridized carbons (Fsp3) is 0.619. The highest BCUT2D eigenvalue weighted by molar-refractivity contribution is 5.89. The second kappa shape index (κ2) is 8.19. The minimum Gasteiger partial charge on any atom is -0.341 e. The molecule has 0 aromatic heterocycles. The average Bonchev–Trinajstić information content (AvgIpc) is 3.12. The van der Waals surface area contributed by atoms with E-state index in [1.54, 1.807) is 17.0 Å². The molecule has 2 aliphatic rings. The summed E-state index contributed by atoms with van der Waals surface area (Å²) in [7, 11) is 0. The molecule has 2 heterocycles. The van der Waals surface area contributed by atoms with Crippen LogP contribution in [0.25, 0.3) is 0 Å². The molecular weight excluding hydrogens is 331 g/mol. The summed E-state index contributed by atoms with van der Waals surface area (Å²) in [4.78, 5) is 29.6. The van der Waals surface area contributed by atoms with Crippen LogP contribution < -0.4 is 0 Å². The Hall–Kier alpha value is -1.91. The van der Waals surface area contributed by atoms with Crippen molar-refractivity contribution in [3.8, 4) is 0 Å². The summed E-state index contributed by atoms with van der Waals surface area (Å²) in [5.74, 6) is 0.354. The molecule has 4 nitrogen and oxygen atoms in total. The van der Waals surface area contributed by atoms with Crippen molar-refractivity contribution in [3.63, 3.8) is 0 Å². The Morgan fingerprint density at radius 1 is 1.12 bits per heavy atom. The van der Waals surface area contributed by atoms with Crippen LogP contribution in [0, 0.1) is 17.7 Å². The van der Waals surface area contributed by atoms with E-state index in [2.05, 4.69) is 6.92 Å². The zero-order chi connectivity index (χ0) is 18.7. The molecule has 5 heteroatoms. The molecule has 0 aliphatic carbocycles. The van der Waals surface area contributed by atoms with Crippen molar-refractivity contribution in [3.05, 3.63) is 35.6 Å². The summed E-state index contributed by atoms with van der Waals surface area (Å²) in [5, 5.41) is 0. The fourth-order valence-corrected chi connectivity index (χ4v) is 4.07. The number of hydrogen-bond donors (Lipinski definition) is 0. The lowest BCUT2D eigenvalue weighted by atomic mass is 9.97.